The highest BCUT2D eigenvalue weighted by Crippen LogP contribution is 2.23. The zero-order valence-corrected chi connectivity index (χ0v) is 15.2. The van der Waals surface area contributed by atoms with Gasteiger partial charge in [-0.25, -0.2) is 9.48 Å². The summed E-state index contributed by atoms with van der Waals surface area (Å²) >= 11 is 12.4. The molecule has 0 atom stereocenters. The summed E-state index contributed by atoms with van der Waals surface area (Å²) < 4.78 is 1.59. The van der Waals surface area contributed by atoms with E-state index >= 15 is 0 Å². The van der Waals surface area contributed by atoms with Crippen LogP contribution in [-0.4, -0.2) is 27.1 Å². The molecule has 6 nitrogen and oxygen atoms in total. The first-order valence-corrected chi connectivity index (χ1v) is 8.35. The second-order valence-corrected chi connectivity index (χ2v) is 6.23. The maximum atomic E-state index is 10.8. The number of carbonyl (C=O) groups is 1. The normalized spacial score (nSPS) is 11.0. The zero-order valence-electron chi connectivity index (χ0n) is 13.6. The number of anilines is 1. The molecule has 1 aromatic heterocycles. The van der Waals surface area contributed by atoms with Gasteiger partial charge in [0.05, 0.1) is 34.4 Å². The summed E-state index contributed by atoms with van der Waals surface area (Å²) in [7, 11) is 0. The van der Waals surface area contributed by atoms with Gasteiger partial charge >= 0.3 is 5.97 Å². The van der Waals surface area contributed by atoms with E-state index in [0.717, 1.165) is 5.69 Å². The molecule has 0 bridgehead atoms. The molecule has 0 unspecified atom stereocenters. The third-order valence-corrected chi connectivity index (χ3v) is 4.22. The van der Waals surface area contributed by atoms with Gasteiger partial charge in [-0.05, 0) is 49.4 Å². The Hall–Kier alpha value is -2.83. The highest BCUT2D eigenvalue weighted by molar-refractivity contribution is 6.32. The van der Waals surface area contributed by atoms with Crippen LogP contribution in [0.4, 0.5) is 5.69 Å². The number of halogens is 2. The molecule has 0 aliphatic carbocycles. The summed E-state index contributed by atoms with van der Waals surface area (Å²) in [5, 5.41) is 18.5. The van der Waals surface area contributed by atoms with Crippen molar-refractivity contribution < 1.29 is 9.90 Å². The van der Waals surface area contributed by atoms with Crippen LogP contribution >= 0.6 is 23.2 Å². The highest BCUT2D eigenvalue weighted by Gasteiger charge is 2.13. The minimum atomic E-state index is -0.976. The standard InChI is InChI=1S/C18H14Cl2N4O2/c1-11-16(10-21-22-14-7-5-12(6-8-14)18(25)26)17(20)24(23-11)15-4-2-3-13(19)9-15/h2-10,22H,1H3,(H,25,26)/b21-10+. The molecule has 3 rings (SSSR count). The van der Waals surface area contributed by atoms with Crippen LogP contribution in [0.15, 0.2) is 53.6 Å². The molecule has 0 fully saturated rings. The van der Waals surface area contributed by atoms with Crippen molar-refractivity contribution in [1.29, 1.82) is 0 Å². The predicted octanol–water partition coefficient (Wildman–Crippen LogP) is 4.63. The molecule has 0 saturated heterocycles. The second kappa shape index (κ2) is 7.59. The fourth-order valence-corrected chi connectivity index (χ4v) is 2.80. The van der Waals surface area contributed by atoms with Crippen molar-refractivity contribution in [3.63, 3.8) is 0 Å². The number of nitrogens with zero attached hydrogens (tertiary/aromatic N) is 3. The molecule has 0 saturated carbocycles. The molecule has 1 heterocycles. The third-order valence-electron chi connectivity index (χ3n) is 3.62. The molecule has 8 heteroatoms. The Kier molecular flexibility index (Phi) is 5.25. The molecule has 0 spiro atoms. The van der Waals surface area contributed by atoms with Gasteiger partial charge in [0.2, 0.25) is 0 Å². The van der Waals surface area contributed by atoms with E-state index in [4.69, 9.17) is 28.3 Å². The number of benzene rings is 2. The van der Waals surface area contributed by atoms with E-state index in [1.165, 1.54) is 12.1 Å². The molecular formula is C18H14Cl2N4O2. The number of hydrazone groups is 1. The quantitative estimate of drug-likeness (QED) is 0.493. The Bertz CT molecular complexity index is 981. The summed E-state index contributed by atoms with van der Waals surface area (Å²) in [6.45, 7) is 1.83. The average Bonchev–Trinajstić information content (AvgIpc) is 2.90. The van der Waals surface area contributed by atoms with Crippen molar-refractivity contribution in [2.24, 2.45) is 5.10 Å². The lowest BCUT2D eigenvalue weighted by atomic mass is 10.2. The summed E-state index contributed by atoms with van der Waals surface area (Å²) in [5.74, 6) is -0.976. The summed E-state index contributed by atoms with van der Waals surface area (Å²) in [6.07, 6.45) is 1.57. The number of hydrogen-bond acceptors (Lipinski definition) is 4. The van der Waals surface area contributed by atoms with E-state index in [1.54, 1.807) is 35.2 Å². The van der Waals surface area contributed by atoms with Gasteiger partial charge in [0, 0.05) is 5.02 Å². The molecule has 0 radical (unpaired) electrons. The van der Waals surface area contributed by atoms with Crippen LogP contribution in [-0.2, 0) is 0 Å². The Morgan fingerprint density at radius 2 is 1.96 bits per heavy atom. The number of aromatic nitrogens is 2. The van der Waals surface area contributed by atoms with Gasteiger partial charge in [0.15, 0.2) is 0 Å². The van der Waals surface area contributed by atoms with Crippen molar-refractivity contribution in [1.82, 2.24) is 9.78 Å². The zero-order chi connectivity index (χ0) is 18.7. The van der Waals surface area contributed by atoms with Crippen molar-refractivity contribution in [2.45, 2.75) is 6.92 Å². The van der Waals surface area contributed by atoms with Crippen LogP contribution in [0.3, 0.4) is 0 Å². The van der Waals surface area contributed by atoms with Crippen LogP contribution in [0, 0.1) is 6.92 Å². The third kappa shape index (κ3) is 3.87. The second-order valence-electron chi connectivity index (χ2n) is 5.43. The summed E-state index contributed by atoms with van der Waals surface area (Å²) in [6, 6.07) is 13.5. The van der Waals surface area contributed by atoms with Crippen LogP contribution < -0.4 is 5.43 Å². The first-order chi connectivity index (χ1) is 12.5. The lowest BCUT2D eigenvalue weighted by Crippen LogP contribution is -1.97. The van der Waals surface area contributed by atoms with Crippen molar-refractivity contribution in [3.8, 4) is 5.69 Å². The van der Waals surface area contributed by atoms with Crippen LogP contribution in [0.1, 0.15) is 21.6 Å². The Balaban J connectivity index is 1.79. The van der Waals surface area contributed by atoms with Gasteiger partial charge in [-0.2, -0.15) is 10.2 Å². The monoisotopic (exact) mass is 388 g/mol. The van der Waals surface area contributed by atoms with Gasteiger partial charge < -0.3 is 5.11 Å². The molecular weight excluding hydrogens is 375 g/mol. The molecule has 26 heavy (non-hydrogen) atoms. The molecule has 2 aromatic carbocycles. The molecule has 0 aliphatic heterocycles. The minimum Gasteiger partial charge on any atom is -0.478 e. The first-order valence-electron chi connectivity index (χ1n) is 7.59. The van der Waals surface area contributed by atoms with E-state index in [2.05, 4.69) is 15.6 Å². The van der Waals surface area contributed by atoms with Crippen LogP contribution in [0.2, 0.25) is 10.2 Å². The molecule has 2 N–H and O–H groups in total. The number of aryl methyl sites for hydroxylation is 1. The van der Waals surface area contributed by atoms with Gasteiger partial charge in [-0.3, -0.25) is 5.43 Å². The van der Waals surface area contributed by atoms with Gasteiger partial charge in [0.1, 0.15) is 5.15 Å². The Morgan fingerprint density at radius 1 is 1.23 bits per heavy atom. The molecule has 132 valence electrons. The van der Waals surface area contributed by atoms with Gasteiger partial charge in [-0.1, -0.05) is 29.3 Å². The fraction of sp³-hybridized carbons (Fsp3) is 0.0556. The average molecular weight is 389 g/mol. The number of carboxylic acids is 1. The maximum Gasteiger partial charge on any atom is 0.335 e. The largest absolute Gasteiger partial charge is 0.478 e. The lowest BCUT2D eigenvalue weighted by molar-refractivity contribution is 0.0697. The minimum absolute atomic E-state index is 0.209. The number of carboxylic acid groups (broad SMARTS) is 1. The lowest BCUT2D eigenvalue weighted by Gasteiger charge is -2.03. The molecule has 0 amide bonds. The van der Waals surface area contributed by atoms with Crippen molar-refractivity contribution in [3.05, 3.63) is 75.5 Å². The maximum absolute atomic E-state index is 10.8. The Labute approximate surface area is 159 Å². The fourth-order valence-electron chi connectivity index (χ4n) is 2.30. The number of aromatic carboxylic acids is 1. The SMILES string of the molecule is Cc1nn(-c2cccc(Cl)c2)c(Cl)c1/C=N/Nc1ccc(C(=O)O)cc1. The van der Waals surface area contributed by atoms with Crippen LogP contribution in [0.25, 0.3) is 5.69 Å². The van der Waals surface area contributed by atoms with Gasteiger partial charge in [0.25, 0.3) is 0 Å². The summed E-state index contributed by atoms with van der Waals surface area (Å²) in [5.41, 5.74) is 5.83. The van der Waals surface area contributed by atoms with Crippen molar-refractivity contribution >= 4 is 41.1 Å². The van der Waals surface area contributed by atoms with E-state index < -0.39 is 5.97 Å². The topological polar surface area (TPSA) is 79.5 Å². The number of rotatable bonds is 5. The summed E-state index contributed by atoms with van der Waals surface area (Å²) in [4.78, 5) is 10.8. The van der Waals surface area contributed by atoms with Crippen LogP contribution in [0.5, 0.6) is 0 Å². The van der Waals surface area contributed by atoms with E-state index in [-0.39, 0.29) is 5.56 Å². The highest BCUT2D eigenvalue weighted by atomic mass is 35.5. The first kappa shape index (κ1) is 18.0. The van der Waals surface area contributed by atoms with E-state index in [0.29, 0.717) is 27.1 Å². The smallest absolute Gasteiger partial charge is 0.335 e. The van der Waals surface area contributed by atoms with E-state index in [9.17, 15) is 4.79 Å². The van der Waals surface area contributed by atoms with E-state index in [1.807, 2.05) is 19.1 Å². The predicted molar refractivity (Wildman–Crippen MR) is 103 cm³/mol. The Morgan fingerprint density at radius 3 is 2.62 bits per heavy atom. The molecule has 3 aromatic rings. The number of nitrogens with one attached hydrogen (secondary N) is 1. The number of hydrogen-bond donors (Lipinski definition) is 2. The molecule has 0 aliphatic rings. The van der Waals surface area contributed by atoms with Crippen molar-refractivity contribution in [2.75, 3.05) is 5.43 Å². The van der Waals surface area contributed by atoms with Gasteiger partial charge in [-0.15, -0.1) is 0 Å².